The fourth-order valence-electron chi connectivity index (χ4n) is 2.64. The van der Waals surface area contributed by atoms with Gasteiger partial charge in [-0.1, -0.05) is 30.0 Å². The molecule has 5 nitrogen and oxygen atoms in total. The van der Waals surface area contributed by atoms with Gasteiger partial charge in [0.2, 0.25) is 5.91 Å². The number of rotatable bonds is 5. The first-order valence-electron chi connectivity index (χ1n) is 8.64. The SMILES string of the molecule is CCn1c(S[C@@H](C)C(=O)Nc2ccc(C)c(F)c2)nc2ccccc2c1=O. The first-order chi connectivity index (χ1) is 12.9. The first kappa shape index (κ1) is 19.1. The molecular weight excluding hydrogens is 365 g/mol. The molecule has 0 unspecified atom stereocenters. The van der Waals surface area contributed by atoms with E-state index in [1.807, 2.05) is 13.0 Å². The van der Waals surface area contributed by atoms with Gasteiger partial charge in [-0.05, 0) is 50.6 Å². The second kappa shape index (κ2) is 7.92. The zero-order valence-electron chi connectivity index (χ0n) is 15.3. The molecule has 2 aromatic carbocycles. The fourth-order valence-corrected chi connectivity index (χ4v) is 3.62. The van der Waals surface area contributed by atoms with Gasteiger partial charge in [0.15, 0.2) is 5.16 Å². The summed E-state index contributed by atoms with van der Waals surface area (Å²) < 4.78 is 15.2. The summed E-state index contributed by atoms with van der Waals surface area (Å²) in [6, 6.07) is 11.7. The van der Waals surface area contributed by atoms with E-state index in [0.29, 0.717) is 33.9 Å². The number of nitrogens with zero attached hydrogens (tertiary/aromatic N) is 2. The highest BCUT2D eigenvalue weighted by atomic mass is 32.2. The molecule has 0 fully saturated rings. The number of nitrogens with one attached hydrogen (secondary N) is 1. The quantitative estimate of drug-likeness (QED) is 0.533. The van der Waals surface area contributed by atoms with E-state index in [4.69, 9.17) is 0 Å². The van der Waals surface area contributed by atoms with Crippen molar-refractivity contribution in [3.8, 4) is 0 Å². The Kier molecular flexibility index (Phi) is 5.60. The van der Waals surface area contributed by atoms with Crippen molar-refractivity contribution in [2.24, 2.45) is 0 Å². The third-order valence-electron chi connectivity index (χ3n) is 4.23. The Morgan fingerprint density at radius 2 is 2.04 bits per heavy atom. The number of halogens is 1. The maximum atomic E-state index is 13.7. The Labute approximate surface area is 160 Å². The number of hydrogen-bond acceptors (Lipinski definition) is 4. The molecule has 0 radical (unpaired) electrons. The number of fused-ring (bicyclic) bond motifs is 1. The number of carbonyl (C=O) groups is 1. The van der Waals surface area contributed by atoms with Crippen molar-refractivity contribution in [2.45, 2.75) is 37.7 Å². The van der Waals surface area contributed by atoms with Crippen molar-refractivity contribution in [1.29, 1.82) is 0 Å². The van der Waals surface area contributed by atoms with Gasteiger partial charge in [0.05, 0.1) is 16.2 Å². The van der Waals surface area contributed by atoms with Crippen LogP contribution in [-0.4, -0.2) is 20.7 Å². The van der Waals surface area contributed by atoms with Crippen LogP contribution >= 0.6 is 11.8 Å². The average molecular weight is 385 g/mol. The maximum Gasteiger partial charge on any atom is 0.262 e. The average Bonchev–Trinajstić information content (AvgIpc) is 2.65. The van der Waals surface area contributed by atoms with Crippen LogP contribution in [0.25, 0.3) is 10.9 Å². The van der Waals surface area contributed by atoms with Crippen molar-refractivity contribution in [2.75, 3.05) is 5.32 Å². The topological polar surface area (TPSA) is 64.0 Å². The van der Waals surface area contributed by atoms with E-state index in [9.17, 15) is 14.0 Å². The van der Waals surface area contributed by atoms with Gasteiger partial charge in [0, 0.05) is 12.2 Å². The summed E-state index contributed by atoms with van der Waals surface area (Å²) in [6.07, 6.45) is 0. The second-order valence-electron chi connectivity index (χ2n) is 6.17. The number of aryl methyl sites for hydroxylation is 1. The number of hydrogen-bond donors (Lipinski definition) is 1. The van der Waals surface area contributed by atoms with Crippen LogP contribution in [-0.2, 0) is 11.3 Å². The molecule has 3 aromatic rings. The minimum absolute atomic E-state index is 0.126. The molecule has 3 rings (SSSR count). The summed E-state index contributed by atoms with van der Waals surface area (Å²) in [5.74, 6) is -0.655. The molecule has 0 saturated heterocycles. The molecule has 0 aliphatic heterocycles. The van der Waals surface area contributed by atoms with Gasteiger partial charge in [-0.25, -0.2) is 9.37 Å². The lowest BCUT2D eigenvalue weighted by Crippen LogP contribution is -2.26. The summed E-state index contributed by atoms with van der Waals surface area (Å²) in [5, 5.41) is 3.23. The lowest BCUT2D eigenvalue weighted by atomic mass is 10.2. The van der Waals surface area contributed by atoms with Gasteiger partial charge in [0.25, 0.3) is 5.56 Å². The van der Waals surface area contributed by atoms with E-state index in [0.717, 1.165) is 0 Å². The highest BCUT2D eigenvalue weighted by molar-refractivity contribution is 8.00. The van der Waals surface area contributed by atoms with Crippen LogP contribution in [0.4, 0.5) is 10.1 Å². The highest BCUT2D eigenvalue weighted by Gasteiger charge is 2.19. The Hall–Kier alpha value is -2.67. The van der Waals surface area contributed by atoms with E-state index in [2.05, 4.69) is 10.3 Å². The zero-order chi connectivity index (χ0) is 19.6. The molecule has 0 aliphatic rings. The summed E-state index contributed by atoms with van der Waals surface area (Å²) >= 11 is 1.20. The Bertz CT molecular complexity index is 1060. The maximum absolute atomic E-state index is 13.7. The van der Waals surface area contributed by atoms with E-state index in [1.165, 1.54) is 17.8 Å². The van der Waals surface area contributed by atoms with Gasteiger partial charge < -0.3 is 5.32 Å². The van der Waals surface area contributed by atoms with Crippen LogP contribution in [0, 0.1) is 12.7 Å². The van der Waals surface area contributed by atoms with Crippen LogP contribution in [0.1, 0.15) is 19.4 Å². The minimum atomic E-state index is -0.514. The van der Waals surface area contributed by atoms with E-state index >= 15 is 0 Å². The number of aromatic nitrogens is 2. The summed E-state index contributed by atoms with van der Waals surface area (Å²) in [6.45, 7) is 5.71. The normalized spacial score (nSPS) is 12.1. The van der Waals surface area contributed by atoms with Gasteiger partial charge in [-0.2, -0.15) is 0 Å². The molecule has 7 heteroatoms. The molecule has 0 bridgehead atoms. The van der Waals surface area contributed by atoms with Crippen molar-refractivity contribution >= 4 is 34.3 Å². The summed E-state index contributed by atoms with van der Waals surface area (Å²) in [5.41, 5.74) is 1.39. The molecule has 0 spiro atoms. The van der Waals surface area contributed by atoms with Crippen LogP contribution in [0.15, 0.2) is 52.4 Å². The minimum Gasteiger partial charge on any atom is -0.325 e. The molecule has 27 heavy (non-hydrogen) atoms. The number of anilines is 1. The molecule has 0 aliphatic carbocycles. The van der Waals surface area contributed by atoms with Crippen molar-refractivity contribution in [3.05, 3.63) is 64.2 Å². The van der Waals surface area contributed by atoms with E-state index in [1.54, 1.807) is 48.7 Å². The number of benzene rings is 2. The first-order valence-corrected chi connectivity index (χ1v) is 9.52. The van der Waals surface area contributed by atoms with Gasteiger partial charge in [-0.15, -0.1) is 0 Å². The number of amides is 1. The molecule has 1 N–H and O–H groups in total. The number of para-hydroxylation sites is 1. The van der Waals surface area contributed by atoms with Crippen molar-refractivity contribution < 1.29 is 9.18 Å². The lowest BCUT2D eigenvalue weighted by molar-refractivity contribution is -0.115. The van der Waals surface area contributed by atoms with Crippen molar-refractivity contribution in [3.63, 3.8) is 0 Å². The van der Waals surface area contributed by atoms with Crippen LogP contribution in [0.3, 0.4) is 0 Å². The van der Waals surface area contributed by atoms with Gasteiger partial charge >= 0.3 is 0 Å². The van der Waals surface area contributed by atoms with Crippen LogP contribution in [0.2, 0.25) is 0 Å². The molecule has 140 valence electrons. The Balaban J connectivity index is 1.84. The fraction of sp³-hybridized carbons (Fsp3) is 0.250. The molecular formula is C20H20FN3O2S. The molecule has 0 saturated carbocycles. The molecule has 1 amide bonds. The standard InChI is InChI=1S/C20H20FN3O2S/c1-4-24-19(26)15-7-5-6-8-17(15)23-20(24)27-13(3)18(25)22-14-10-9-12(2)16(21)11-14/h5-11,13H,4H2,1-3H3,(H,22,25)/t13-/m0/s1. The molecule has 1 aromatic heterocycles. The van der Waals surface area contributed by atoms with E-state index in [-0.39, 0.29) is 17.3 Å². The van der Waals surface area contributed by atoms with Gasteiger partial charge in [-0.3, -0.25) is 14.2 Å². The third-order valence-corrected chi connectivity index (χ3v) is 5.32. The smallest absolute Gasteiger partial charge is 0.262 e. The zero-order valence-corrected chi connectivity index (χ0v) is 16.1. The second-order valence-corrected chi connectivity index (χ2v) is 7.48. The predicted octanol–water partition coefficient (Wildman–Crippen LogP) is 3.98. The number of thioether (sulfide) groups is 1. The monoisotopic (exact) mass is 385 g/mol. The van der Waals surface area contributed by atoms with Crippen LogP contribution < -0.4 is 10.9 Å². The highest BCUT2D eigenvalue weighted by Crippen LogP contribution is 2.24. The van der Waals surface area contributed by atoms with E-state index < -0.39 is 5.25 Å². The lowest BCUT2D eigenvalue weighted by Gasteiger charge is -2.15. The third kappa shape index (κ3) is 4.03. The largest absolute Gasteiger partial charge is 0.325 e. The molecule has 1 atom stereocenters. The van der Waals surface area contributed by atoms with Crippen molar-refractivity contribution in [1.82, 2.24) is 9.55 Å². The summed E-state index contributed by atoms with van der Waals surface area (Å²) in [7, 11) is 0. The van der Waals surface area contributed by atoms with Gasteiger partial charge in [0.1, 0.15) is 5.82 Å². The molecule has 1 heterocycles. The van der Waals surface area contributed by atoms with Crippen LogP contribution in [0.5, 0.6) is 0 Å². The Morgan fingerprint density at radius 3 is 2.74 bits per heavy atom. The summed E-state index contributed by atoms with van der Waals surface area (Å²) in [4.78, 5) is 29.7. The Morgan fingerprint density at radius 1 is 1.30 bits per heavy atom. The number of carbonyl (C=O) groups excluding carboxylic acids is 1. The predicted molar refractivity (Wildman–Crippen MR) is 107 cm³/mol.